The molecule has 3 heteroatoms. The molecule has 21 heavy (non-hydrogen) atoms. The third-order valence-electron chi connectivity index (χ3n) is 4.40. The monoisotopic (exact) mass is 301 g/mol. The van der Waals surface area contributed by atoms with Gasteiger partial charge in [-0.15, -0.1) is 0 Å². The molecule has 2 N–H and O–H groups in total. The van der Waals surface area contributed by atoms with Crippen LogP contribution in [0.2, 0.25) is 5.02 Å². The van der Waals surface area contributed by atoms with Crippen molar-refractivity contribution >= 4 is 11.6 Å². The maximum Gasteiger partial charge on any atom is 0.124 e. The SMILES string of the molecule is COc1ccc(Cl)cc1C(N)c1ccccc1C1CCC1. The lowest BCUT2D eigenvalue weighted by atomic mass is 9.76. The van der Waals surface area contributed by atoms with E-state index in [1.165, 1.54) is 30.4 Å². The van der Waals surface area contributed by atoms with Crippen LogP contribution in [-0.2, 0) is 0 Å². The third kappa shape index (κ3) is 2.78. The highest BCUT2D eigenvalue weighted by Crippen LogP contribution is 2.41. The van der Waals surface area contributed by atoms with Gasteiger partial charge in [-0.3, -0.25) is 0 Å². The van der Waals surface area contributed by atoms with Gasteiger partial charge < -0.3 is 10.5 Å². The summed E-state index contributed by atoms with van der Waals surface area (Å²) in [6.45, 7) is 0. The molecule has 0 amide bonds. The molecule has 2 aromatic rings. The van der Waals surface area contributed by atoms with E-state index in [9.17, 15) is 0 Å². The van der Waals surface area contributed by atoms with E-state index in [-0.39, 0.29) is 6.04 Å². The first-order valence-corrected chi connectivity index (χ1v) is 7.76. The van der Waals surface area contributed by atoms with Crippen molar-refractivity contribution in [1.29, 1.82) is 0 Å². The van der Waals surface area contributed by atoms with E-state index >= 15 is 0 Å². The van der Waals surface area contributed by atoms with Crippen molar-refractivity contribution in [1.82, 2.24) is 0 Å². The van der Waals surface area contributed by atoms with Crippen molar-refractivity contribution in [3.05, 3.63) is 64.2 Å². The molecule has 2 aromatic carbocycles. The van der Waals surface area contributed by atoms with Crippen molar-refractivity contribution in [2.45, 2.75) is 31.2 Å². The van der Waals surface area contributed by atoms with Crippen LogP contribution >= 0.6 is 11.6 Å². The highest BCUT2D eigenvalue weighted by molar-refractivity contribution is 6.30. The fraction of sp³-hybridized carbons (Fsp3) is 0.333. The average molecular weight is 302 g/mol. The molecule has 1 aliphatic rings. The molecule has 2 nitrogen and oxygen atoms in total. The van der Waals surface area contributed by atoms with E-state index in [1.807, 2.05) is 24.3 Å². The van der Waals surface area contributed by atoms with E-state index in [4.69, 9.17) is 22.1 Å². The van der Waals surface area contributed by atoms with Crippen LogP contribution < -0.4 is 10.5 Å². The maximum atomic E-state index is 6.54. The van der Waals surface area contributed by atoms with Crippen LogP contribution in [0.3, 0.4) is 0 Å². The summed E-state index contributed by atoms with van der Waals surface area (Å²) in [6, 6.07) is 13.9. The van der Waals surface area contributed by atoms with Gasteiger partial charge in [0.2, 0.25) is 0 Å². The Morgan fingerprint density at radius 3 is 2.57 bits per heavy atom. The van der Waals surface area contributed by atoms with Crippen molar-refractivity contribution in [3.8, 4) is 5.75 Å². The van der Waals surface area contributed by atoms with Crippen molar-refractivity contribution in [2.24, 2.45) is 5.73 Å². The van der Waals surface area contributed by atoms with E-state index in [0.29, 0.717) is 10.9 Å². The molecule has 0 aliphatic heterocycles. The van der Waals surface area contributed by atoms with Gasteiger partial charge in [0, 0.05) is 10.6 Å². The molecule has 0 radical (unpaired) electrons. The number of nitrogens with two attached hydrogens (primary N) is 1. The molecule has 1 fully saturated rings. The quantitative estimate of drug-likeness (QED) is 0.891. The van der Waals surface area contributed by atoms with Gasteiger partial charge >= 0.3 is 0 Å². The summed E-state index contributed by atoms with van der Waals surface area (Å²) in [4.78, 5) is 0. The van der Waals surface area contributed by atoms with Gasteiger partial charge in [0.15, 0.2) is 0 Å². The number of ether oxygens (including phenoxy) is 1. The van der Waals surface area contributed by atoms with Crippen LogP contribution in [0.1, 0.15) is 47.9 Å². The molecule has 110 valence electrons. The second-order valence-electron chi connectivity index (χ2n) is 5.62. The van der Waals surface area contributed by atoms with Crippen LogP contribution in [0, 0.1) is 0 Å². The van der Waals surface area contributed by atoms with Crippen molar-refractivity contribution in [3.63, 3.8) is 0 Å². The number of methoxy groups -OCH3 is 1. The molecular formula is C18H20ClNO. The van der Waals surface area contributed by atoms with E-state index < -0.39 is 0 Å². The fourth-order valence-corrected chi connectivity index (χ4v) is 3.18. The first-order valence-electron chi connectivity index (χ1n) is 7.38. The lowest BCUT2D eigenvalue weighted by Gasteiger charge is -2.30. The molecule has 0 aromatic heterocycles. The Morgan fingerprint density at radius 2 is 1.90 bits per heavy atom. The summed E-state index contributed by atoms with van der Waals surface area (Å²) in [6.07, 6.45) is 3.83. The van der Waals surface area contributed by atoms with Gasteiger partial charge in [0.25, 0.3) is 0 Å². The first kappa shape index (κ1) is 14.4. The van der Waals surface area contributed by atoms with Crippen LogP contribution in [-0.4, -0.2) is 7.11 Å². The van der Waals surface area contributed by atoms with Crippen molar-refractivity contribution in [2.75, 3.05) is 7.11 Å². The summed E-state index contributed by atoms with van der Waals surface area (Å²) < 4.78 is 5.44. The van der Waals surface area contributed by atoms with Crippen LogP contribution in [0.25, 0.3) is 0 Å². The molecule has 1 unspecified atom stereocenters. The van der Waals surface area contributed by atoms with E-state index in [0.717, 1.165) is 11.3 Å². The summed E-state index contributed by atoms with van der Waals surface area (Å²) in [5.41, 5.74) is 10.0. The molecular weight excluding hydrogens is 282 g/mol. The van der Waals surface area contributed by atoms with E-state index in [2.05, 4.69) is 18.2 Å². The van der Waals surface area contributed by atoms with Gasteiger partial charge in [-0.05, 0) is 48.1 Å². The standard InChI is InChI=1S/C18H20ClNO/c1-21-17-10-9-13(19)11-16(17)18(20)15-8-3-2-7-14(15)12-5-4-6-12/h2-3,7-12,18H,4-6,20H2,1H3. The lowest BCUT2D eigenvalue weighted by Crippen LogP contribution is -2.19. The number of benzene rings is 2. The van der Waals surface area contributed by atoms with Crippen LogP contribution in [0.5, 0.6) is 5.75 Å². The summed E-state index contributed by atoms with van der Waals surface area (Å²) in [7, 11) is 1.66. The zero-order valence-corrected chi connectivity index (χ0v) is 12.9. The number of rotatable bonds is 4. The van der Waals surface area contributed by atoms with Gasteiger partial charge in [-0.1, -0.05) is 42.3 Å². The number of hydrogen-bond acceptors (Lipinski definition) is 2. The molecule has 1 aliphatic carbocycles. The smallest absolute Gasteiger partial charge is 0.124 e. The van der Waals surface area contributed by atoms with Gasteiger partial charge in [0.05, 0.1) is 13.2 Å². The first-order chi connectivity index (χ1) is 10.2. The molecule has 0 bridgehead atoms. The predicted molar refractivity (Wildman–Crippen MR) is 87.1 cm³/mol. The molecule has 0 saturated heterocycles. The minimum atomic E-state index is -0.213. The fourth-order valence-electron chi connectivity index (χ4n) is 3.00. The summed E-state index contributed by atoms with van der Waals surface area (Å²) in [5, 5.41) is 0.683. The van der Waals surface area contributed by atoms with E-state index in [1.54, 1.807) is 7.11 Å². The van der Waals surface area contributed by atoms with Crippen molar-refractivity contribution < 1.29 is 4.74 Å². The minimum Gasteiger partial charge on any atom is -0.496 e. The largest absolute Gasteiger partial charge is 0.496 e. The maximum absolute atomic E-state index is 6.54. The Balaban J connectivity index is 2.02. The van der Waals surface area contributed by atoms with Gasteiger partial charge in [0.1, 0.15) is 5.75 Å². The Labute approximate surface area is 130 Å². The zero-order valence-electron chi connectivity index (χ0n) is 12.2. The average Bonchev–Trinajstić information content (AvgIpc) is 2.45. The Bertz CT molecular complexity index is 637. The summed E-state index contributed by atoms with van der Waals surface area (Å²) in [5.74, 6) is 1.44. The van der Waals surface area contributed by atoms with Crippen LogP contribution in [0.4, 0.5) is 0 Å². The number of hydrogen-bond donors (Lipinski definition) is 1. The topological polar surface area (TPSA) is 35.2 Å². The van der Waals surface area contributed by atoms with Crippen LogP contribution in [0.15, 0.2) is 42.5 Å². The Morgan fingerprint density at radius 1 is 1.14 bits per heavy atom. The second kappa shape index (κ2) is 6.08. The van der Waals surface area contributed by atoms with Gasteiger partial charge in [-0.2, -0.15) is 0 Å². The molecule has 0 spiro atoms. The Kier molecular flexibility index (Phi) is 4.18. The predicted octanol–water partition coefficient (Wildman–Crippen LogP) is 4.66. The lowest BCUT2D eigenvalue weighted by molar-refractivity contribution is 0.405. The second-order valence-corrected chi connectivity index (χ2v) is 6.06. The minimum absolute atomic E-state index is 0.213. The van der Waals surface area contributed by atoms with Gasteiger partial charge in [-0.25, -0.2) is 0 Å². The molecule has 3 rings (SSSR count). The highest BCUT2D eigenvalue weighted by atomic mass is 35.5. The molecule has 0 heterocycles. The zero-order chi connectivity index (χ0) is 14.8. The third-order valence-corrected chi connectivity index (χ3v) is 4.64. The number of halogens is 1. The highest BCUT2D eigenvalue weighted by Gasteiger charge is 2.25. The normalized spacial score (nSPS) is 16.3. The summed E-state index contributed by atoms with van der Waals surface area (Å²) >= 11 is 6.14. The Hall–Kier alpha value is -1.51. The molecule has 1 saturated carbocycles. The molecule has 1 atom stereocenters.